The predicted octanol–water partition coefficient (Wildman–Crippen LogP) is 2.01. The van der Waals surface area contributed by atoms with E-state index in [1.54, 1.807) is 0 Å². The van der Waals surface area contributed by atoms with Crippen LogP contribution < -0.4 is 5.32 Å². The van der Waals surface area contributed by atoms with Gasteiger partial charge in [-0.3, -0.25) is 4.79 Å². The zero-order valence-electron chi connectivity index (χ0n) is 9.69. The van der Waals surface area contributed by atoms with Crippen molar-refractivity contribution in [2.24, 2.45) is 5.41 Å². The molecular weight excluding hydrogens is 238 g/mol. The minimum Gasteiger partial charge on any atom is -0.355 e. The summed E-state index contributed by atoms with van der Waals surface area (Å²) >= 11 is 5.71. The average Bonchev–Trinajstić information content (AvgIpc) is 2.28. The number of rotatable bonds is 3. The fourth-order valence-electron chi connectivity index (χ4n) is 1.83. The van der Waals surface area contributed by atoms with Gasteiger partial charge in [-0.15, -0.1) is 0 Å². The molecule has 1 heterocycles. The highest BCUT2D eigenvalue weighted by Gasteiger charge is 2.62. The number of hydrogen-bond acceptors (Lipinski definition) is 2. The molecule has 1 amide bonds. The van der Waals surface area contributed by atoms with Crippen molar-refractivity contribution < 1.29 is 13.6 Å². The fourth-order valence-corrected chi connectivity index (χ4v) is 2.32. The maximum absolute atomic E-state index is 13.6. The molecule has 1 fully saturated rings. The van der Waals surface area contributed by atoms with Crippen LogP contribution in [-0.2, 0) is 4.79 Å². The Morgan fingerprint density at radius 1 is 1.56 bits per heavy atom. The maximum Gasteiger partial charge on any atom is 0.268 e. The van der Waals surface area contributed by atoms with Crippen molar-refractivity contribution in [1.82, 2.24) is 9.74 Å². The molecule has 0 saturated carbocycles. The quantitative estimate of drug-likeness (QED) is 0.782. The van der Waals surface area contributed by atoms with Crippen molar-refractivity contribution in [3.05, 3.63) is 0 Å². The molecule has 0 aromatic rings. The van der Waals surface area contributed by atoms with Crippen molar-refractivity contribution >= 4 is 17.7 Å². The normalized spacial score (nSPS) is 28.0. The molecule has 0 aliphatic carbocycles. The molecule has 0 aromatic heterocycles. The van der Waals surface area contributed by atoms with Crippen LogP contribution in [0.5, 0.6) is 0 Å². The van der Waals surface area contributed by atoms with Gasteiger partial charge in [0.25, 0.3) is 5.92 Å². The lowest BCUT2D eigenvalue weighted by Crippen LogP contribution is -2.49. The van der Waals surface area contributed by atoms with E-state index in [4.69, 9.17) is 11.8 Å². The molecule has 1 rings (SSSR count). The lowest BCUT2D eigenvalue weighted by atomic mass is 9.81. The van der Waals surface area contributed by atoms with Gasteiger partial charge in [-0.1, -0.05) is 20.8 Å². The Balaban J connectivity index is 2.83. The molecule has 16 heavy (non-hydrogen) atoms. The zero-order valence-corrected chi connectivity index (χ0v) is 10.4. The van der Waals surface area contributed by atoms with Gasteiger partial charge in [0, 0.05) is 6.54 Å². The first-order valence-electron chi connectivity index (χ1n) is 5.32. The highest BCUT2D eigenvalue weighted by molar-refractivity contribution is 6.15. The van der Waals surface area contributed by atoms with E-state index in [-0.39, 0.29) is 0 Å². The summed E-state index contributed by atoms with van der Waals surface area (Å²) in [4.78, 5) is 11.7. The minimum absolute atomic E-state index is 0.431. The summed E-state index contributed by atoms with van der Waals surface area (Å²) in [5, 5.41) is 2.60. The van der Waals surface area contributed by atoms with E-state index in [1.807, 2.05) is 6.92 Å². The maximum atomic E-state index is 13.6. The number of amides is 1. The number of nitrogens with zero attached hydrogens (tertiary/aromatic N) is 1. The van der Waals surface area contributed by atoms with Gasteiger partial charge in [-0.05, 0) is 18.2 Å². The highest BCUT2D eigenvalue weighted by Crippen LogP contribution is 2.48. The second kappa shape index (κ2) is 4.45. The molecule has 1 aliphatic heterocycles. The molecule has 1 N–H and O–H groups in total. The van der Waals surface area contributed by atoms with E-state index < -0.39 is 29.8 Å². The van der Waals surface area contributed by atoms with Gasteiger partial charge in [0.2, 0.25) is 5.91 Å². The number of nitrogens with one attached hydrogen (secondary N) is 1. The summed E-state index contributed by atoms with van der Waals surface area (Å²) in [6.07, 6.45) is 0.761. The molecule has 1 saturated heterocycles. The molecule has 3 nitrogen and oxygen atoms in total. The van der Waals surface area contributed by atoms with Crippen LogP contribution in [0.4, 0.5) is 8.78 Å². The Hall–Kier alpha value is -0.420. The lowest BCUT2D eigenvalue weighted by Gasteiger charge is -2.30. The molecule has 0 spiro atoms. The van der Waals surface area contributed by atoms with E-state index in [0.29, 0.717) is 6.54 Å². The number of halogens is 3. The van der Waals surface area contributed by atoms with Crippen LogP contribution >= 0.6 is 11.8 Å². The summed E-state index contributed by atoms with van der Waals surface area (Å²) in [5.74, 6) is -3.39. The van der Waals surface area contributed by atoms with Gasteiger partial charge in [-0.2, -0.15) is 0 Å². The highest BCUT2D eigenvalue weighted by atomic mass is 35.5. The Labute approximate surface area is 99.2 Å². The number of carbonyl (C=O) groups excluding carboxylic acids is 1. The summed E-state index contributed by atoms with van der Waals surface area (Å²) in [6.45, 7) is 4.51. The van der Waals surface area contributed by atoms with Gasteiger partial charge in [0.1, 0.15) is 6.04 Å². The minimum atomic E-state index is -2.96. The first kappa shape index (κ1) is 13.6. The van der Waals surface area contributed by atoms with Crippen LogP contribution in [0.2, 0.25) is 0 Å². The van der Waals surface area contributed by atoms with E-state index >= 15 is 0 Å². The molecule has 0 aromatic carbocycles. The molecule has 1 atom stereocenters. The molecule has 0 bridgehead atoms. The number of hydrogen-bond donors (Lipinski definition) is 1. The lowest BCUT2D eigenvalue weighted by molar-refractivity contribution is -0.131. The van der Waals surface area contributed by atoms with Gasteiger partial charge in [0.05, 0.1) is 12.0 Å². The van der Waals surface area contributed by atoms with Gasteiger partial charge in [-0.25, -0.2) is 13.2 Å². The summed E-state index contributed by atoms with van der Waals surface area (Å²) in [6, 6.07) is -0.990. The molecular formula is C10H17ClF2N2O. The van der Waals surface area contributed by atoms with Crippen molar-refractivity contribution in [3.63, 3.8) is 0 Å². The van der Waals surface area contributed by atoms with Crippen LogP contribution in [0.3, 0.4) is 0 Å². The first-order chi connectivity index (χ1) is 7.24. The van der Waals surface area contributed by atoms with Crippen LogP contribution in [0.15, 0.2) is 0 Å². The van der Waals surface area contributed by atoms with Crippen LogP contribution in [-0.4, -0.2) is 35.4 Å². The van der Waals surface area contributed by atoms with Crippen LogP contribution in [0.25, 0.3) is 0 Å². The predicted molar refractivity (Wildman–Crippen MR) is 58.4 cm³/mol. The summed E-state index contributed by atoms with van der Waals surface area (Å²) < 4.78 is 28.1. The second-order valence-electron chi connectivity index (χ2n) is 4.68. The topological polar surface area (TPSA) is 32.3 Å². The number of carbonyl (C=O) groups is 1. The molecule has 1 unspecified atom stereocenters. The molecule has 0 radical (unpaired) electrons. The fraction of sp³-hybridized carbons (Fsp3) is 0.900. The van der Waals surface area contributed by atoms with Crippen molar-refractivity contribution in [1.29, 1.82) is 0 Å². The van der Waals surface area contributed by atoms with E-state index in [2.05, 4.69) is 5.32 Å². The largest absolute Gasteiger partial charge is 0.355 e. The standard InChI is InChI=1S/C10H17ClF2N2O/c1-4-5-14-8(16)7-9(2,3)10(12,13)6-15(7)11/h7H,4-6H2,1-3H3,(H,14,16). The number of alkyl halides is 2. The summed E-state index contributed by atoms with van der Waals surface area (Å²) in [7, 11) is 0. The van der Waals surface area contributed by atoms with Crippen LogP contribution in [0, 0.1) is 5.41 Å². The monoisotopic (exact) mass is 254 g/mol. The molecule has 94 valence electrons. The Morgan fingerprint density at radius 2 is 2.12 bits per heavy atom. The van der Waals surface area contributed by atoms with Crippen molar-refractivity contribution in [3.8, 4) is 0 Å². The molecule has 6 heteroatoms. The Morgan fingerprint density at radius 3 is 2.50 bits per heavy atom. The van der Waals surface area contributed by atoms with Crippen molar-refractivity contribution in [2.45, 2.75) is 39.2 Å². The third-order valence-electron chi connectivity index (χ3n) is 3.05. The smallest absolute Gasteiger partial charge is 0.268 e. The Bertz CT molecular complexity index is 284. The van der Waals surface area contributed by atoms with E-state index in [0.717, 1.165) is 10.8 Å². The van der Waals surface area contributed by atoms with Gasteiger partial charge < -0.3 is 5.32 Å². The van der Waals surface area contributed by atoms with E-state index in [1.165, 1.54) is 13.8 Å². The van der Waals surface area contributed by atoms with Gasteiger partial charge in [0.15, 0.2) is 0 Å². The third-order valence-corrected chi connectivity index (χ3v) is 3.37. The molecule has 1 aliphatic rings. The van der Waals surface area contributed by atoms with E-state index in [9.17, 15) is 13.6 Å². The van der Waals surface area contributed by atoms with Crippen LogP contribution in [0.1, 0.15) is 27.2 Å². The second-order valence-corrected chi connectivity index (χ2v) is 5.11. The zero-order chi connectivity index (χ0) is 12.6. The Kier molecular flexibility index (Phi) is 3.80. The summed E-state index contributed by atoms with van der Waals surface area (Å²) in [5.41, 5.74) is -1.45. The van der Waals surface area contributed by atoms with Gasteiger partial charge >= 0.3 is 0 Å². The SMILES string of the molecule is CCCNC(=O)C1N(Cl)CC(F)(F)C1(C)C. The first-order valence-corrected chi connectivity index (χ1v) is 5.66. The average molecular weight is 255 g/mol. The third kappa shape index (κ3) is 2.15. The van der Waals surface area contributed by atoms with Crippen molar-refractivity contribution in [2.75, 3.05) is 13.1 Å².